The third-order valence-corrected chi connectivity index (χ3v) is 2.08. The van der Waals surface area contributed by atoms with Crippen LogP contribution in [0.3, 0.4) is 0 Å². The molecule has 0 bridgehead atoms. The molecule has 1 aromatic rings. The van der Waals surface area contributed by atoms with Gasteiger partial charge >= 0.3 is 0 Å². The molecule has 0 aliphatic carbocycles. The smallest absolute Gasteiger partial charge is 0.126 e. The summed E-state index contributed by atoms with van der Waals surface area (Å²) in [6.07, 6.45) is 4.26. The second-order valence-electron chi connectivity index (χ2n) is 3.52. The molecule has 15 heavy (non-hydrogen) atoms. The van der Waals surface area contributed by atoms with E-state index in [-0.39, 0.29) is 6.10 Å². The zero-order valence-corrected chi connectivity index (χ0v) is 9.66. The highest BCUT2D eigenvalue weighted by Gasteiger charge is 2.04. The Labute approximate surface area is 92.0 Å². The van der Waals surface area contributed by atoms with Crippen LogP contribution < -0.4 is 10.1 Å². The maximum atomic E-state index is 5.82. The van der Waals surface area contributed by atoms with Gasteiger partial charge in [-0.05, 0) is 27.0 Å². The average Bonchev–Trinajstić information content (AvgIpc) is 2.21. The number of rotatable bonds is 5. The van der Waals surface area contributed by atoms with Gasteiger partial charge in [-0.25, -0.2) is 0 Å². The van der Waals surface area contributed by atoms with Crippen LogP contribution in [0.1, 0.15) is 19.4 Å². The SMILES string of the molecule is CC=Cc1ccccc1OC(C)CNC. The van der Waals surface area contributed by atoms with Crippen LogP contribution in [0.2, 0.25) is 0 Å². The van der Waals surface area contributed by atoms with Crippen molar-refractivity contribution in [1.82, 2.24) is 5.32 Å². The Hall–Kier alpha value is -1.28. The summed E-state index contributed by atoms with van der Waals surface area (Å²) in [4.78, 5) is 0. The Morgan fingerprint density at radius 2 is 2.13 bits per heavy atom. The number of nitrogens with one attached hydrogen (secondary N) is 1. The molecule has 0 aliphatic rings. The van der Waals surface area contributed by atoms with Gasteiger partial charge < -0.3 is 10.1 Å². The van der Waals surface area contributed by atoms with Gasteiger partial charge in [0.25, 0.3) is 0 Å². The van der Waals surface area contributed by atoms with E-state index < -0.39 is 0 Å². The number of ether oxygens (including phenoxy) is 1. The number of para-hydroxylation sites is 1. The van der Waals surface area contributed by atoms with Crippen LogP contribution in [0.25, 0.3) is 6.08 Å². The lowest BCUT2D eigenvalue weighted by Crippen LogP contribution is -2.26. The summed E-state index contributed by atoms with van der Waals surface area (Å²) in [6, 6.07) is 8.07. The molecule has 0 radical (unpaired) electrons. The number of likely N-dealkylation sites (N-methyl/N-ethyl adjacent to an activating group) is 1. The molecular formula is C13H19NO. The molecule has 1 atom stereocenters. The van der Waals surface area contributed by atoms with Gasteiger partial charge in [0.15, 0.2) is 0 Å². The fourth-order valence-corrected chi connectivity index (χ4v) is 1.45. The molecule has 1 aromatic carbocycles. The van der Waals surface area contributed by atoms with Gasteiger partial charge in [0.05, 0.1) is 0 Å². The second kappa shape index (κ2) is 6.25. The minimum atomic E-state index is 0.182. The van der Waals surface area contributed by atoms with Crippen LogP contribution >= 0.6 is 0 Å². The van der Waals surface area contributed by atoms with Gasteiger partial charge in [0, 0.05) is 12.1 Å². The van der Waals surface area contributed by atoms with Gasteiger partial charge in [-0.3, -0.25) is 0 Å². The molecule has 1 N–H and O–H groups in total. The van der Waals surface area contributed by atoms with Crippen molar-refractivity contribution in [3.8, 4) is 5.75 Å². The first-order valence-corrected chi connectivity index (χ1v) is 5.31. The summed E-state index contributed by atoms with van der Waals surface area (Å²) in [7, 11) is 1.93. The number of hydrogen-bond donors (Lipinski definition) is 1. The molecule has 2 heteroatoms. The van der Waals surface area contributed by atoms with E-state index in [4.69, 9.17) is 4.74 Å². The summed E-state index contributed by atoms with van der Waals surface area (Å²) in [5, 5.41) is 3.10. The van der Waals surface area contributed by atoms with E-state index in [0.29, 0.717) is 0 Å². The standard InChI is InChI=1S/C13H19NO/c1-4-7-12-8-5-6-9-13(12)15-11(2)10-14-3/h4-9,11,14H,10H2,1-3H3. The van der Waals surface area contributed by atoms with E-state index >= 15 is 0 Å². The Balaban J connectivity index is 2.74. The average molecular weight is 205 g/mol. The molecule has 0 aliphatic heterocycles. The molecule has 0 saturated carbocycles. The van der Waals surface area contributed by atoms with Crippen molar-refractivity contribution in [2.24, 2.45) is 0 Å². The number of allylic oxidation sites excluding steroid dienone is 1. The molecule has 1 unspecified atom stereocenters. The summed E-state index contributed by atoms with van der Waals surface area (Å²) in [5.74, 6) is 0.943. The van der Waals surface area contributed by atoms with Gasteiger partial charge in [-0.2, -0.15) is 0 Å². The highest BCUT2D eigenvalue weighted by molar-refractivity contribution is 5.56. The summed E-state index contributed by atoms with van der Waals surface area (Å²) in [6.45, 7) is 4.92. The third kappa shape index (κ3) is 3.76. The molecule has 0 saturated heterocycles. The maximum Gasteiger partial charge on any atom is 0.126 e. The van der Waals surface area contributed by atoms with E-state index in [9.17, 15) is 0 Å². The summed E-state index contributed by atoms with van der Waals surface area (Å²) in [5.41, 5.74) is 1.13. The van der Waals surface area contributed by atoms with E-state index in [1.807, 2.05) is 38.2 Å². The first-order chi connectivity index (χ1) is 7.27. The van der Waals surface area contributed by atoms with Crippen molar-refractivity contribution in [3.63, 3.8) is 0 Å². The summed E-state index contributed by atoms with van der Waals surface area (Å²) >= 11 is 0. The van der Waals surface area contributed by atoms with E-state index in [0.717, 1.165) is 17.9 Å². The van der Waals surface area contributed by atoms with Crippen molar-refractivity contribution in [2.45, 2.75) is 20.0 Å². The van der Waals surface area contributed by atoms with Crippen LogP contribution in [-0.4, -0.2) is 19.7 Å². The fourth-order valence-electron chi connectivity index (χ4n) is 1.45. The summed E-state index contributed by atoms with van der Waals surface area (Å²) < 4.78 is 5.82. The molecule has 0 aromatic heterocycles. The quantitative estimate of drug-likeness (QED) is 0.798. The minimum Gasteiger partial charge on any atom is -0.489 e. The van der Waals surface area contributed by atoms with Crippen LogP contribution in [0.5, 0.6) is 5.75 Å². The Kier molecular flexibility index (Phi) is 4.91. The lowest BCUT2D eigenvalue weighted by Gasteiger charge is -2.15. The molecular weight excluding hydrogens is 186 g/mol. The Morgan fingerprint density at radius 1 is 1.40 bits per heavy atom. The maximum absolute atomic E-state index is 5.82. The van der Waals surface area contributed by atoms with Crippen LogP contribution in [0.4, 0.5) is 0 Å². The van der Waals surface area contributed by atoms with E-state index in [2.05, 4.69) is 24.4 Å². The fraction of sp³-hybridized carbons (Fsp3) is 0.385. The zero-order valence-electron chi connectivity index (χ0n) is 9.66. The van der Waals surface area contributed by atoms with E-state index in [1.54, 1.807) is 0 Å². The molecule has 0 amide bonds. The van der Waals surface area contributed by atoms with Crippen LogP contribution in [0.15, 0.2) is 30.3 Å². The lowest BCUT2D eigenvalue weighted by molar-refractivity contribution is 0.220. The number of hydrogen-bond acceptors (Lipinski definition) is 2. The van der Waals surface area contributed by atoms with Crippen molar-refractivity contribution in [2.75, 3.05) is 13.6 Å². The monoisotopic (exact) mass is 205 g/mol. The predicted molar refractivity (Wildman–Crippen MR) is 65.2 cm³/mol. The molecule has 82 valence electrons. The molecule has 0 fully saturated rings. The zero-order chi connectivity index (χ0) is 11.1. The molecule has 0 heterocycles. The molecule has 2 nitrogen and oxygen atoms in total. The van der Waals surface area contributed by atoms with E-state index in [1.165, 1.54) is 0 Å². The molecule has 0 spiro atoms. The van der Waals surface area contributed by atoms with Crippen molar-refractivity contribution >= 4 is 6.08 Å². The topological polar surface area (TPSA) is 21.3 Å². The highest BCUT2D eigenvalue weighted by atomic mass is 16.5. The lowest BCUT2D eigenvalue weighted by atomic mass is 10.2. The minimum absolute atomic E-state index is 0.182. The van der Waals surface area contributed by atoms with Crippen molar-refractivity contribution in [3.05, 3.63) is 35.9 Å². The van der Waals surface area contributed by atoms with Gasteiger partial charge in [0.2, 0.25) is 0 Å². The first-order valence-electron chi connectivity index (χ1n) is 5.31. The van der Waals surface area contributed by atoms with Gasteiger partial charge in [-0.1, -0.05) is 30.4 Å². The van der Waals surface area contributed by atoms with Crippen LogP contribution in [-0.2, 0) is 0 Å². The largest absolute Gasteiger partial charge is 0.489 e. The van der Waals surface area contributed by atoms with Gasteiger partial charge in [0.1, 0.15) is 11.9 Å². The van der Waals surface area contributed by atoms with Gasteiger partial charge in [-0.15, -0.1) is 0 Å². The normalized spacial score (nSPS) is 13.0. The predicted octanol–water partition coefficient (Wildman–Crippen LogP) is 2.71. The molecule has 1 rings (SSSR count). The highest BCUT2D eigenvalue weighted by Crippen LogP contribution is 2.20. The number of benzene rings is 1. The van der Waals surface area contributed by atoms with Crippen molar-refractivity contribution < 1.29 is 4.74 Å². The Bertz CT molecular complexity index is 320. The van der Waals surface area contributed by atoms with Crippen molar-refractivity contribution in [1.29, 1.82) is 0 Å². The third-order valence-electron chi connectivity index (χ3n) is 2.08. The first kappa shape index (κ1) is 11.8. The van der Waals surface area contributed by atoms with Crippen LogP contribution in [0, 0.1) is 0 Å². The second-order valence-corrected chi connectivity index (χ2v) is 3.52. The Morgan fingerprint density at radius 3 is 2.80 bits per heavy atom.